The maximum absolute atomic E-state index is 13.5. The molecule has 1 atom stereocenters. The maximum Gasteiger partial charge on any atom is 0.231 e. The number of fused-ring (bicyclic) bond motifs is 3. The van der Waals surface area contributed by atoms with Crippen LogP contribution in [-0.2, 0) is 6.54 Å². The lowest BCUT2D eigenvalue weighted by Crippen LogP contribution is -2.49. The number of piperazine rings is 1. The Balaban J connectivity index is 1.41. The average Bonchev–Trinajstić information content (AvgIpc) is 3.41. The molecule has 2 fully saturated rings. The van der Waals surface area contributed by atoms with Crippen LogP contribution in [0.3, 0.4) is 0 Å². The van der Waals surface area contributed by atoms with Crippen LogP contribution in [0.25, 0.3) is 22.2 Å². The molecule has 4 heterocycles. The molecule has 1 unspecified atom stereocenters. The Kier molecular flexibility index (Phi) is 4.35. The Hall–Kier alpha value is -2.70. The SMILES string of the molecule is Fc1ccc(-c2nc3cc4c(cc3cc2CN2CCN3CCCC3C2)OCO4)cc1. The van der Waals surface area contributed by atoms with Crippen molar-refractivity contribution in [1.29, 1.82) is 0 Å². The first kappa shape index (κ1) is 18.1. The van der Waals surface area contributed by atoms with Gasteiger partial charge in [-0.15, -0.1) is 0 Å². The van der Waals surface area contributed by atoms with Crippen molar-refractivity contribution < 1.29 is 13.9 Å². The van der Waals surface area contributed by atoms with Crippen molar-refractivity contribution in [3.63, 3.8) is 0 Å². The van der Waals surface area contributed by atoms with Gasteiger partial charge in [0.15, 0.2) is 11.5 Å². The van der Waals surface area contributed by atoms with Crippen molar-refractivity contribution in [2.75, 3.05) is 33.0 Å². The standard InChI is InChI=1S/C24H24FN3O2/c25-19-5-3-16(4-6-19)24-18(13-27-8-9-28-7-1-2-20(28)14-27)10-17-11-22-23(30-15-29-22)12-21(17)26-24/h3-6,10-12,20H,1-2,7-9,13-15H2. The fraction of sp³-hybridized carbons (Fsp3) is 0.375. The van der Waals surface area contributed by atoms with Crippen LogP contribution in [0.4, 0.5) is 4.39 Å². The van der Waals surface area contributed by atoms with Crippen LogP contribution in [0.15, 0.2) is 42.5 Å². The van der Waals surface area contributed by atoms with E-state index in [2.05, 4.69) is 15.9 Å². The first-order chi connectivity index (χ1) is 14.7. The van der Waals surface area contributed by atoms with E-state index in [0.29, 0.717) is 6.04 Å². The third-order valence-electron chi connectivity index (χ3n) is 6.57. The van der Waals surface area contributed by atoms with Gasteiger partial charge in [-0.3, -0.25) is 9.80 Å². The summed E-state index contributed by atoms with van der Waals surface area (Å²) in [5.41, 5.74) is 3.88. The van der Waals surface area contributed by atoms with Crippen LogP contribution in [0.5, 0.6) is 11.5 Å². The number of rotatable bonds is 3. The Bertz CT molecular complexity index is 1100. The van der Waals surface area contributed by atoms with Crippen LogP contribution >= 0.6 is 0 Å². The molecule has 2 aromatic carbocycles. The van der Waals surface area contributed by atoms with E-state index in [1.807, 2.05) is 24.3 Å². The summed E-state index contributed by atoms with van der Waals surface area (Å²) in [6.45, 7) is 5.63. The summed E-state index contributed by atoms with van der Waals surface area (Å²) < 4.78 is 24.6. The second-order valence-electron chi connectivity index (χ2n) is 8.47. The highest BCUT2D eigenvalue weighted by Crippen LogP contribution is 2.37. The number of hydrogen-bond donors (Lipinski definition) is 0. The summed E-state index contributed by atoms with van der Waals surface area (Å²) in [6.07, 6.45) is 2.60. The van der Waals surface area contributed by atoms with Crippen molar-refractivity contribution in [2.45, 2.75) is 25.4 Å². The molecular formula is C24H24FN3O2. The van der Waals surface area contributed by atoms with Gasteiger partial charge in [-0.2, -0.15) is 0 Å². The van der Waals surface area contributed by atoms with E-state index in [0.717, 1.165) is 59.8 Å². The molecule has 6 heteroatoms. The van der Waals surface area contributed by atoms with E-state index in [1.165, 1.54) is 37.1 Å². The highest BCUT2D eigenvalue weighted by Gasteiger charge is 2.31. The second-order valence-corrected chi connectivity index (χ2v) is 8.47. The molecule has 0 radical (unpaired) electrons. The molecule has 0 bridgehead atoms. The van der Waals surface area contributed by atoms with E-state index in [9.17, 15) is 4.39 Å². The quantitative estimate of drug-likeness (QED) is 0.657. The summed E-state index contributed by atoms with van der Waals surface area (Å²) in [5.74, 6) is 1.26. The van der Waals surface area contributed by atoms with Crippen LogP contribution in [-0.4, -0.2) is 53.8 Å². The van der Waals surface area contributed by atoms with Gasteiger partial charge in [-0.05, 0) is 61.3 Å². The molecule has 5 nitrogen and oxygen atoms in total. The predicted molar refractivity (Wildman–Crippen MR) is 113 cm³/mol. The van der Waals surface area contributed by atoms with Gasteiger partial charge < -0.3 is 9.47 Å². The molecule has 0 saturated carbocycles. The molecule has 0 aliphatic carbocycles. The molecule has 30 heavy (non-hydrogen) atoms. The topological polar surface area (TPSA) is 37.8 Å². The molecule has 0 amide bonds. The monoisotopic (exact) mass is 405 g/mol. The fourth-order valence-corrected chi connectivity index (χ4v) is 5.03. The van der Waals surface area contributed by atoms with Gasteiger partial charge in [-0.25, -0.2) is 9.37 Å². The van der Waals surface area contributed by atoms with Gasteiger partial charge in [0.1, 0.15) is 5.82 Å². The average molecular weight is 405 g/mol. The molecule has 1 aromatic heterocycles. The van der Waals surface area contributed by atoms with Crippen molar-refractivity contribution in [2.24, 2.45) is 0 Å². The van der Waals surface area contributed by atoms with E-state index in [4.69, 9.17) is 14.5 Å². The molecule has 2 saturated heterocycles. The maximum atomic E-state index is 13.5. The van der Waals surface area contributed by atoms with Crippen molar-refractivity contribution >= 4 is 10.9 Å². The summed E-state index contributed by atoms with van der Waals surface area (Å²) in [6, 6.07) is 13.5. The third kappa shape index (κ3) is 3.20. The molecule has 0 spiro atoms. The zero-order valence-corrected chi connectivity index (χ0v) is 16.8. The molecule has 3 aliphatic heterocycles. The van der Waals surface area contributed by atoms with E-state index in [-0.39, 0.29) is 12.6 Å². The lowest BCUT2D eigenvalue weighted by Gasteiger charge is -2.37. The lowest BCUT2D eigenvalue weighted by molar-refractivity contribution is 0.0994. The van der Waals surface area contributed by atoms with Gasteiger partial charge >= 0.3 is 0 Å². The second kappa shape index (κ2) is 7.22. The largest absolute Gasteiger partial charge is 0.454 e. The number of ether oxygens (including phenoxy) is 2. The van der Waals surface area contributed by atoms with Gasteiger partial charge in [-0.1, -0.05) is 0 Å². The fourth-order valence-electron chi connectivity index (χ4n) is 5.03. The zero-order valence-electron chi connectivity index (χ0n) is 16.8. The Morgan fingerprint density at radius 3 is 2.70 bits per heavy atom. The van der Waals surface area contributed by atoms with E-state index < -0.39 is 0 Å². The van der Waals surface area contributed by atoms with Crippen molar-refractivity contribution in [3.8, 4) is 22.8 Å². The van der Waals surface area contributed by atoms with Crippen LogP contribution in [0, 0.1) is 5.82 Å². The minimum atomic E-state index is -0.234. The van der Waals surface area contributed by atoms with Crippen molar-refractivity contribution in [3.05, 3.63) is 53.8 Å². The predicted octanol–water partition coefficient (Wildman–Crippen LogP) is 4.05. The van der Waals surface area contributed by atoms with Crippen LogP contribution in [0.2, 0.25) is 0 Å². The number of aromatic nitrogens is 1. The normalized spacial score (nSPS) is 21.3. The van der Waals surface area contributed by atoms with Gasteiger partial charge in [0.2, 0.25) is 6.79 Å². The summed E-state index contributed by atoms with van der Waals surface area (Å²) >= 11 is 0. The number of halogens is 1. The van der Waals surface area contributed by atoms with Crippen molar-refractivity contribution in [1.82, 2.24) is 14.8 Å². The number of benzene rings is 2. The zero-order chi connectivity index (χ0) is 20.1. The van der Waals surface area contributed by atoms with Crippen LogP contribution < -0.4 is 9.47 Å². The first-order valence-electron chi connectivity index (χ1n) is 10.7. The third-order valence-corrected chi connectivity index (χ3v) is 6.57. The Morgan fingerprint density at radius 2 is 1.83 bits per heavy atom. The number of hydrogen-bond acceptors (Lipinski definition) is 5. The van der Waals surface area contributed by atoms with E-state index in [1.54, 1.807) is 0 Å². The summed E-state index contributed by atoms with van der Waals surface area (Å²) in [4.78, 5) is 10.1. The molecular weight excluding hydrogens is 381 g/mol. The van der Waals surface area contributed by atoms with Gasteiger partial charge in [0.05, 0.1) is 11.2 Å². The molecule has 0 N–H and O–H groups in total. The molecule has 3 aromatic rings. The smallest absolute Gasteiger partial charge is 0.231 e. The van der Waals surface area contributed by atoms with E-state index >= 15 is 0 Å². The molecule has 6 rings (SSSR count). The highest BCUT2D eigenvalue weighted by atomic mass is 19.1. The minimum absolute atomic E-state index is 0.234. The van der Waals surface area contributed by atoms with Gasteiger partial charge in [0, 0.05) is 49.2 Å². The minimum Gasteiger partial charge on any atom is -0.454 e. The molecule has 3 aliphatic rings. The summed E-state index contributed by atoms with van der Waals surface area (Å²) in [7, 11) is 0. The summed E-state index contributed by atoms with van der Waals surface area (Å²) in [5, 5.41) is 1.04. The Labute approximate surface area is 175 Å². The Morgan fingerprint density at radius 1 is 1.00 bits per heavy atom. The highest BCUT2D eigenvalue weighted by molar-refractivity contribution is 5.86. The lowest BCUT2D eigenvalue weighted by atomic mass is 10.0. The number of pyridine rings is 1. The first-order valence-corrected chi connectivity index (χ1v) is 10.7. The molecule has 154 valence electrons. The van der Waals surface area contributed by atoms with Crippen LogP contribution in [0.1, 0.15) is 18.4 Å². The number of nitrogens with zero attached hydrogens (tertiary/aromatic N) is 3. The van der Waals surface area contributed by atoms with Gasteiger partial charge in [0.25, 0.3) is 0 Å².